The van der Waals surface area contributed by atoms with E-state index in [0.717, 1.165) is 18.3 Å². The second kappa shape index (κ2) is 6.49. The molecule has 0 fully saturated rings. The average Bonchev–Trinajstić information content (AvgIpc) is 3.13. The van der Waals surface area contributed by atoms with Gasteiger partial charge in [-0.25, -0.2) is 4.39 Å². The molecule has 0 atom stereocenters. The Labute approximate surface area is 143 Å². The number of nitrogens with zero attached hydrogens (tertiary/aromatic N) is 3. The highest BCUT2D eigenvalue weighted by Crippen LogP contribution is 2.39. The largest absolute Gasteiger partial charge is 0.433 e. The van der Waals surface area contributed by atoms with Crippen LogP contribution in [0.2, 0.25) is 5.02 Å². The lowest BCUT2D eigenvalue weighted by Gasteiger charge is -2.10. The molecule has 5 nitrogen and oxygen atoms in total. The summed E-state index contributed by atoms with van der Waals surface area (Å²) < 4.78 is 59.5. The Morgan fingerprint density at radius 1 is 1.28 bits per heavy atom. The molecule has 0 amide bonds. The summed E-state index contributed by atoms with van der Waals surface area (Å²) in [5, 5.41) is 16.2. The summed E-state index contributed by atoms with van der Waals surface area (Å²) in [5.74, 6) is -0.926. The lowest BCUT2D eigenvalue weighted by molar-refractivity contribution is -0.143. The third-order valence-electron chi connectivity index (χ3n) is 3.41. The zero-order valence-electron chi connectivity index (χ0n) is 12.4. The molecule has 3 rings (SSSR count). The first-order valence-corrected chi connectivity index (χ1v) is 7.36. The normalized spacial score (nSPS) is 11.9. The van der Waals surface area contributed by atoms with Crippen molar-refractivity contribution in [2.75, 3.05) is 6.61 Å². The second-order valence-corrected chi connectivity index (χ2v) is 5.43. The fourth-order valence-electron chi connectivity index (χ4n) is 2.39. The maximum absolute atomic E-state index is 13.9. The van der Waals surface area contributed by atoms with E-state index in [-0.39, 0.29) is 34.1 Å². The molecule has 132 valence electrons. The van der Waals surface area contributed by atoms with Crippen molar-refractivity contribution in [2.24, 2.45) is 0 Å². The van der Waals surface area contributed by atoms with E-state index in [4.69, 9.17) is 21.2 Å². The Hall–Kier alpha value is -2.39. The molecule has 1 N–H and O–H groups in total. The molecule has 0 saturated heterocycles. The maximum Gasteiger partial charge on any atom is 0.433 e. The lowest BCUT2D eigenvalue weighted by Crippen LogP contribution is -2.17. The quantitative estimate of drug-likeness (QED) is 0.700. The minimum Gasteiger partial charge on any atom is -0.394 e. The van der Waals surface area contributed by atoms with Gasteiger partial charge in [0.15, 0.2) is 11.5 Å². The molecule has 0 bridgehead atoms. The van der Waals surface area contributed by atoms with Crippen LogP contribution >= 0.6 is 11.6 Å². The van der Waals surface area contributed by atoms with Crippen LogP contribution in [-0.2, 0) is 12.7 Å². The summed E-state index contributed by atoms with van der Waals surface area (Å²) in [4.78, 5) is 0. The number of hydrogen-bond acceptors (Lipinski definition) is 4. The molecule has 0 aliphatic heterocycles. The van der Waals surface area contributed by atoms with E-state index in [1.807, 2.05) is 0 Å². The summed E-state index contributed by atoms with van der Waals surface area (Å²) in [5.41, 5.74) is -1.58. The van der Waals surface area contributed by atoms with Crippen LogP contribution in [0.5, 0.6) is 0 Å². The van der Waals surface area contributed by atoms with Crippen molar-refractivity contribution in [1.29, 1.82) is 0 Å². The number of halogens is 5. The van der Waals surface area contributed by atoms with Gasteiger partial charge in [-0.1, -0.05) is 22.8 Å². The summed E-state index contributed by atoms with van der Waals surface area (Å²) in [7, 11) is 0. The van der Waals surface area contributed by atoms with Gasteiger partial charge in [0, 0.05) is 6.07 Å². The fourth-order valence-corrected chi connectivity index (χ4v) is 2.65. The minimum absolute atomic E-state index is 0.0406. The van der Waals surface area contributed by atoms with Crippen LogP contribution in [0.1, 0.15) is 5.69 Å². The van der Waals surface area contributed by atoms with Gasteiger partial charge >= 0.3 is 6.18 Å². The molecule has 1 aromatic carbocycles. The van der Waals surface area contributed by atoms with Crippen LogP contribution in [0, 0.1) is 5.82 Å². The molecule has 0 aliphatic carbocycles. The van der Waals surface area contributed by atoms with Gasteiger partial charge in [0.1, 0.15) is 11.5 Å². The van der Waals surface area contributed by atoms with Gasteiger partial charge in [0.05, 0.1) is 35.5 Å². The maximum atomic E-state index is 13.9. The van der Waals surface area contributed by atoms with E-state index < -0.39 is 24.3 Å². The lowest BCUT2D eigenvalue weighted by atomic mass is 10.1. The predicted octanol–water partition coefficient (Wildman–Crippen LogP) is 4.01. The molecular formula is C15H10ClF4N3O2. The number of aromatic nitrogens is 3. The minimum atomic E-state index is -4.73. The second-order valence-electron chi connectivity index (χ2n) is 5.02. The van der Waals surface area contributed by atoms with E-state index in [9.17, 15) is 17.6 Å². The Kier molecular flexibility index (Phi) is 4.53. The Balaban J connectivity index is 2.10. The van der Waals surface area contributed by atoms with E-state index in [1.54, 1.807) is 0 Å². The summed E-state index contributed by atoms with van der Waals surface area (Å²) in [6.07, 6.45) is -3.78. The van der Waals surface area contributed by atoms with Gasteiger partial charge in [0.25, 0.3) is 0 Å². The van der Waals surface area contributed by atoms with Crippen LogP contribution in [-0.4, -0.2) is 26.7 Å². The highest BCUT2D eigenvalue weighted by molar-refractivity contribution is 6.33. The summed E-state index contributed by atoms with van der Waals surface area (Å²) >= 11 is 5.92. The zero-order valence-corrected chi connectivity index (χ0v) is 13.1. The van der Waals surface area contributed by atoms with Crippen LogP contribution in [0.15, 0.2) is 35.0 Å². The van der Waals surface area contributed by atoms with Gasteiger partial charge in [-0.05, 0) is 12.1 Å². The molecule has 0 aliphatic rings. The molecule has 25 heavy (non-hydrogen) atoms. The molecule has 3 aromatic rings. The van der Waals surface area contributed by atoms with Gasteiger partial charge in [-0.15, -0.1) is 0 Å². The highest BCUT2D eigenvalue weighted by atomic mass is 35.5. The van der Waals surface area contributed by atoms with Crippen molar-refractivity contribution in [3.63, 3.8) is 0 Å². The summed E-state index contributed by atoms with van der Waals surface area (Å²) in [6, 6.07) is 5.12. The Morgan fingerprint density at radius 3 is 2.68 bits per heavy atom. The van der Waals surface area contributed by atoms with Crippen molar-refractivity contribution in [1.82, 2.24) is 14.9 Å². The monoisotopic (exact) mass is 375 g/mol. The van der Waals surface area contributed by atoms with Crippen LogP contribution < -0.4 is 0 Å². The van der Waals surface area contributed by atoms with Gasteiger partial charge in [0.2, 0.25) is 0 Å². The number of alkyl halides is 3. The highest BCUT2D eigenvalue weighted by Gasteiger charge is 2.39. The number of rotatable bonds is 4. The van der Waals surface area contributed by atoms with Gasteiger partial charge in [-0.2, -0.15) is 18.3 Å². The molecule has 2 heterocycles. The number of benzene rings is 1. The number of aliphatic hydroxyl groups is 1. The zero-order chi connectivity index (χ0) is 18.2. The average molecular weight is 376 g/mol. The van der Waals surface area contributed by atoms with Crippen molar-refractivity contribution < 1.29 is 27.2 Å². The Morgan fingerprint density at radius 2 is 2.04 bits per heavy atom. The van der Waals surface area contributed by atoms with E-state index in [0.29, 0.717) is 4.68 Å². The van der Waals surface area contributed by atoms with E-state index in [2.05, 4.69) is 10.3 Å². The Bertz CT molecular complexity index is 884. The molecule has 10 heteroatoms. The molecule has 0 radical (unpaired) electrons. The standard InChI is InChI=1S/C15H10ClF4N3O2/c16-9-2-1-3-10(17)13(9)11-6-12(25-22-11)8-7-21-23(4-5-24)14(8)15(18,19)20/h1-3,6-7,24H,4-5H2. The molecule has 0 unspecified atom stereocenters. The van der Waals surface area contributed by atoms with Crippen molar-refractivity contribution in [2.45, 2.75) is 12.7 Å². The SMILES string of the molecule is OCCn1ncc(-c2cc(-c3c(F)cccc3Cl)no2)c1C(F)(F)F. The summed E-state index contributed by atoms with van der Waals surface area (Å²) in [6.45, 7) is -0.855. The number of hydrogen-bond donors (Lipinski definition) is 1. The first-order chi connectivity index (χ1) is 11.8. The van der Waals surface area contributed by atoms with Crippen molar-refractivity contribution >= 4 is 11.6 Å². The smallest absolute Gasteiger partial charge is 0.394 e. The van der Waals surface area contributed by atoms with Crippen LogP contribution in [0.25, 0.3) is 22.6 Å². The van der Waals surface area contributed by atoms with E-state index >= 15 is 0 Å². The molecule has 2 aromatic heterocycles. The van der Waals surface area contributed by atoms with Gasteiger partial charge < -0.3 is 9.63 Å². The third-order valence-corrected chi connectivity index (χ3v) is 3.73. The first-order valence-electron chi connectivity index (χ1n) is 6.98. The van der Waals surface area contributed by atoms with Crippen LogP contribution in [0.3, 0.4) is 0 Å². The van der Waals surface area contributed by atoms with Gasteiger partial charge in [-0.3, -0.25) is 4.68 Å². The molecule has 0 saturated carbocycles. The van der Waals surface area contributed by atoms with E-state index in [1.165, 1.54) is 12.1 Å². The molecule has 0 spiro atoms. The van der Waals surface area contributed by atoms with Crippen molar-refractivity contribution in [3.05, 3.63) is 47.0 Å². The van der Waals surface area contributed by atoms with Crippen LogP contribution in [0.4, 0.5) is 17.6 Å². The third kappa shape index (κ3) is 3.24. The molecular weight excluding hydrogens is 366 g/mol. The topological polar surface area (TPSA) is 64.1 Å². The predicted molar refractivity (Wildman–Crippen MR) is 80.2 cm³/mol. The fraction of sp³-hybridized carbons (Fsp3) is 0.200. The van der Waals surface area contributed by atoms with Crippen molar-refractivity contribution in [3.8, 4) is 22.6 Å². The number of aliphatic hydroxyl groups excluding tert-OH is 1. The first kappa shape index (κ1) is 17.4.